The Hall–Kier alpha value is -2.31. The minimum Gasteiger partial charge on any atom is -0.322 e. The number of hydrogen-bond acceptors (Lipinski definition) is 2. The summed E-state index contributed by atoms with van der Waals surface area (Å²) in [6.07, 6.45) is 0. The zero-order valence-electron chi connectivity index (χ0n) is 11.2. The van der Waals surface area contributed by atoms with Crippen LogP contribution in [-0.2, 0) is 0 Å². The third kappa shape index (κ3) is 2.98. The summed E-state index contributed by atoms with van der Waals surface area (Å²) < 4.78 is 0. The molecule has 4 heteroatoms. The normalized spacial score (nSPS) is 9.90. The molecule has 1 amide bonds. The molecule has 0 saturated heterocycles. The summed E-state index contributed by atoms with van der Waals surface area (Å²) in [6, 6.07) is 12.4. The van der Waals surface area contributed by atoms with Gasteiger partial charge in [0.05, 0.1) is 11.6 Å². The number of amides is 1. The smallest absolute Gasteiger partial charge is 0.255 e. The largest absolute Gasteiger partial charge is 0.322 e. The Labute approximate surface area is 122 Å². The Bertz CT molecular complexity index is 717. The molecule has 2 aromatic rings. The molecule has 1 N–H and O–H groups in total. The van der Waals surface area contributed by atoms with Crippen LogP contribution < -0.4 is 5.32 Å². The molecule has 2 rings (SSSR count). The lowest BCUT2D eigenvalue weighted by Crippen LogP contribution is -2.13. The van der Waals surface area contributed by atoms with E-state index in [4.69, 9.17) is 16.9 Å². The van der Waals surface area contributed by atoms with Crippen molar-refractivity contribution in [3.8, 4) is 6.07 Å². The minimum atomic E-state index is -0.219. The fourth-order valence-corrected chi connectivity index (χ4v) is 1.92. The summed E-state index contributed by atoms with van der Waals surface area (Å²) in [7, 11) is 0. The molecule has 0 radical (unpaired) electrons. The van der Waals surface area contributed by atoms with Gasteiger partial charge in [0, 0.05) is 16.3 Å². The first kappa shape index (κ1) is 14.1. The molecule has 0 bridgehead atoms. The fraction of sp³-hybridized carbons (Fsp3) is 0.125. The SMILES string of the molecule is Cc1cc(C(=O)Nc2cc(C#N)ccc2C)ccc1Cl. The maximum absolute atomic E-state index is 12.2. The number of anilines is 1. The number of halogens is 1. The summed E-state index contributed by atoms with van der Waals surface area (Å²) >= 11 is 5.94. The molecule has 0 unspecified atom stereocenters. The second-order valence-corrected chi connectivity index (χ2v) is 4.97. The Morgan fingerprint density at radius 3 is 2.55 bits per heavy atom. The van der Waals surface area contributed by atoms with Gasteiger partial charge in [0.15, 0.2) is 0 Å². The molecular formula is C16H13ClN2O. The van der Waals surface area contributed by atoms with Crippen LogP contribution in [0.25, 0.3) is 0 Å². The number of carbonyl (C=O) groups excluding carboxylic acids is 1. The molecule has 20 heavy (non-hydrogen) atoms. The first-order valence-electron chi connectivity index (χ1n) is 6.09. The molecule has 0 fully saturated rings. The second-order valence-electron chi connectivity index (χ2n) is 4.56. The molecule has 0 aliphatic rings. The van der Waals surface area contributed by atoms with E-state index in [2.05, 4.69) is 11.4 Å². The van der Waals surface area contributed by atoms with E-state index in [1.807, 2.05) is 13.8 Å². The predicted molar refractivity (Wildman–Crippen MR) is 80.0 cm³/mol. The molecule has 0 aliphatic carbocycles. The summed E-state index contributed by atoms with van der Waals surface area (Å²) in [6.45, 7) is 3.73. The van der Waals surface area contributed by atoms with Crippen LogP contribution in [0.15, 0.2) is 36.4 Å². The van der Waals surface area contributed by atoms with Gasteiger partial charge in [0.1, 0.15) is 0 Å². The Balaban J connectivity index is 2.28. The van der Waals surface area contributed by atoms with Crippen molar-refractivity contribution in [2.75, 3.05) is 5.32 Å². The van der Waals surface area contributed by atoms with Gasteiger partial charge in [-0.2, -0.15) is 5.26 Å². The molecule has 100 valence electrons. The third-order valence-electron chi connectivity index (χ3n) is 3.04. The average molecular weight is 285 g/mol. The van der Waals surface area contributed by atoms with Gasteiger partial charge in [-0.15, -0.1) is 0 Å². The molecule has 3 nitrogen and oxygen atoms in total. The van der Waals surface area contributed by atoms with Gasteiger partial charge in [-0.3, -0.25) is 4.79 Å². The molecule has 2 aromatic carbocycles. The van der Waals surface area contributed by atoms with E-state index in [9.17, 15) is 4.79 Å². The van der Waals surface area contributed by atoms with E-state index < -0.39 is 0 Å². The van der Waals surface area contributed by atoms with E-state index >= 15 is 0 Å². The molecule has 0 aromatic heterocycles. The number of aryl methyl sites for hydroxylation is 2. The van der Waals surface area contributed by atoms with E-state index in [1.165, 1.54) is 0 Å². The van der Waals surface area contributed by atoms with Crippen molar-refractivity contribution in [3.05, 3.63) is 63.7 Å². The van der Waals surface area contributed by atoms with Crippen molar-refractivity contribution in [1.82, 2.24) is 0 Å². The topological polar surface area (TPSA) is 52.9 Å². The number of nitriles is 1. The van der Waals surface area contributed by atoms with E-state index in [0.717, 1.165) is 11.1 Å². The summed E-state index contributed by atoms with van der Waals surface area (Å²) in [4.78, 5) is 12.2. The van der Waals surface area contributed by atoms with Crippen LogP contribution in [0.3, 0.4) is 0 Å². The molecule has 0 atom stereocenters. The lowest BCUT2D eigenvalue weighted by atomic mass is 10.1. The Morgan fingerprint density at radius 1 is 1.15 bits per heavy atom. The van der Waals surface area contributed by atoms with Crippen LogP contribution >= 0.6 is 11.6 Å². The number of hydrogen-bond donors (Lipinski definition) is 1. The van der Waals surface area contributed by atoms with Crippen LogP contribution in [0, 0.1) is 25.2 Å². The lowest BCUT2D eigenvalue weighted by Gasteiger charge is -2.09. The number of benzene rings is 2. The first-order chi connectivity index (χ1) is 9.51. The van der Waals surface area contributed by atoms with Crippen molar-refractivity contribution in [2.24, 2.45) is 0 Å². The number of nitrogens with one attached hydrogen (secondary N) is 1. The van der Waals surface area contributed by atoms with E-state index in [0.29, 0.717) is 21.8 Å². The van der Waals surface area contributed by atoms with Gasteiger partial charge < -0.3 is 5.32 Å². The fourth-order valence-electron chi connectivity index (χ4n) is 1.81. The summed E-state index contributed by atoms with van der Waals surface area (Å²) in [5.74, 6) is -0.219. The van der Waals surface area contributed by atoms with Crippen molar-refractivity contribution in [2.45, 2.75) is 13.8 Å². The van der Waals surface area contributed by atoms with Gasteiger partial charge in [-0.25, -0.2) is 0 Å². The van der Waals surface area contributed by atoms with Gasteiger partial charge in [-0.05, 0) is 55.3 Å². The third-order valence-corrected chi connectivity index (χ3v) is 3.46. The number of nitrogens with zero attached hydrogens (tertiary/aromatic N) is 1. The molecular weight excluding hydrogens is 272 g/mol. The highest BCUT2D eigenvalue weighted by molar-refractivity contribution is 6.31. The monoisotopic (exact) mass is 284 g/mol. The summed E-state index contributed by atoms with van der Waals surface area (Å²) in [5.41, 5.74) is 3.44. The van der Waals surface area contributed by atoms with Gasteiger partial charge in [0.2, 0.25) is 0 Å². The predicted octanol–water partition coefficient (Wildman–Crippen LogP) is 4.08. The highest BCUT2D eigenvalue weighted by atomic mass is 35.5. The minimum absolute atomic E-state index is 0.219. The van der Waals surface area contributed by atoms with Crippen molar-refractivity contribution >= 4 is 23.2 Å². The van der Waals surface area contributed by atoms with Crippen LogP contribution in [0.4, 0.5) is 5.69 Å². The quantitative estimate of drug-likeness (QED) is 0.903. The van der Waals surface area contributed by atoms with Crippen molar-refractivity contribution in [1.29, 1.82) is 5.26 Å². The highest BCUT2D eigenvalue weighted by Gasteiger charge is 2.09. The average Bonchev–Trinajstić information content (AvgIpc) is 2.44. The van der Waals surface area contributed by atoms with Crippen LogP contribution in [-0.4, -0.2) is 5.91 Å². The lowest BCUT2D eigenvalue weighted by molar-refractivity contribution is 0.102. The second kappa shape index (κ2) is 5.77. The zero-order valence-corrected chi connectivity index (χ0v) is 12.0. The highest BCUT2D eigenvalue weighted by Crippen LogP contribution is 2.20. The van der Waals surface area contributed by atoms with Gasteiger partial charge in [-0.1, -0.05) is 17.7 Å². The van der Waals surface area contributed by atoms with E-state index in [-0.39, 0.29) is 5.91 Å². The van der Waals surface area contributed by atoms with E-state index in [1.54, 1.807) is 36.4 Å². The van der Waals surface area contributed by atoms with Crippen LogP contribution in [0.2, 0.25) is 5.02 Å². The molecule has 0 saturated carbocycles. The molecule has 0 spiro atoms. The standard InChI is InChI=1S/C16H13ClN2O/c1-10-3-4-12(9-18)8-15(10)19-16(20)13-5-6-14(17)11(2)7-13/h3-8H,1-2H3,(H,19,20). The van der Waals surface area contributed by atoms with Gasteiger partial charge in [0.25, 0.3) is 5.91 Å². The maximum Gasteiger partial charge on any atom is 0.255 e. The number of rotatable bonds is 2. The molecule has 0 aliphatic heterocycles. The van der Waals surface area contributed by atoms with Crippen LogP contribution in [0.1, 0.15) is 27.0 Å². The Morgan fingerprint density at radius 2 is 1.90 bits per heavy atom. The maximum atomic E-state index is 12.2. The van der Waals surface area contributed by atoms with Gasteiger partial charge >= 0.3 is 0 Å². The van der Waals surface area contributed by atoms with Crippen LogP contribution in [0.5, 0.6) is 0 Å². The zero-order chi connectivity index (χ0) is 14.7. The Kier molecular flexibility index (Phi) is 4.07. The number of carbonyl (C=O) groups is 1. The molecule has 0 heterocycles. The first-order valence-corrected chi connectivity index (χ1v) is 6.47. The van der Waals surface area contributed by atoms with Crippen molar-refractivity contribution < 1.29 is 4.79 Å². The summed E-state index contributed by atoms with van der Waals surface area (Å²) in [5, 5.41) is 12.3. The van der Waals surface area contributed by atoms with Crippen molar-refractivity contribution in [3.63, 3.8) is 0 Å².